The van der Waals surface area contributed by atoms with Gasteiger partial charge in [0, 0.05) is 28.2 Å². The zero-order chi connectivity index (χ0) is 13.5. The number of rotatable bonds is 5. The van der Waals surface area contributed by atoms with Crippen LogP contribution in [0.15, 0.2) is 36.2 Å². The molecule has 1 aromatic carbocycles. The van der Waals surface area contributed by atoms with E-state index in [1.165, 1.54) is 12.4 Å². The maximum absolute atomic E-state index is 7.19. The van der Waals surface area contributed by atoms with Gasteiger partial charge in [-0.25, -0.2) is 0 Å². The van der Waals surface area contributed by atoms with Crippen molar-refractivity contribution < 1.29 is 0 Å². The van der Waals surface area contributed by atoms with E-state index in [0.29, 0.717) is 29.1 Å². The lowest BCUT2D eigenvalue weighted by molar-refractivity contribution is 0.927. The summed E-state index contributed by atoms with van der Waals surface area (Å²) >= 11 is 6.11. The summed E-state index contributed by atoms with van der Waals surface area (Å²) in [4.78, 5) is 0. The van der Waals surface area contributed by atoms with Crippen LogP contribution < -0.4 is 17.2 Å². The summed E-state index contributed by atoms with van der Waals surface area (Å²) in [6, 6.07) is 3.48. The summed E-state index contributed by atoms with van der Waals surface area (Å²) in [6.45, 7) is 0. The van der Waals surface area contributed by atoms with Gasteiger partial charge < -0.3 is 22.6 Å². The quantitative estimate of drug-likeness (QED) is 0.372. The van der Waals surface area contributed by atoms with Gasteiger partial charge in [0.1, 0.15) is 0 Å². The number of benzene rings is 1. The molecule has 0 saturated heterocycles. The minimum atomic E-state index is 0.550. The van der Waals surface area contributed by atoms with Gasteiger partial charge in [0.05, 0.1) is 0 Å². The lowest BCUT2D eigenvalue weighted by Gasteiger charge is -2.08. The van der Waals surface area contributed by atoms with Gasteiger partial charge in [-0.3, -0.25) is 0 Å². The summed E-state index contributed by atoms with van der Waals surface area (Å²) in [5, 5.41) is 7.79. The van der Waals surface area contributed by atoms with Crippen LogP contribution in [-0.4, -0.2) is 6.21 Å². The summed E-state index contributed by atoms with van der Waals surface area (Å²) in [5.74, 6) is 0. The van der Waals surface area contributed by atoms with E-state index in [1.54, 1.807) is 24.3 Å². The molecule has 0 atom stereocenters. The molecular formula is C13H17ClN4. The molecule has 0 unspecified atom stereocenters. The van der Waals surface area contributed by atoms with Crippen molar-refractivity contribution in [3.05, 3.63) is 52.3 Å². The molecule has 0 aliphatic rings. The Labute approximate surface area is 112 Å². The fourth-order valence-corrected chi connectivity index (χ4v) is 1.78. The molecule has 1 aromatic rings. The number of hydrogen-bond acceptors (Lipinski definition) is 4. The van der Waals surface area contributed by atoms with Gasteiger partial charge >= 0.3 is 0 Å². The molecule has 96 valence electrons. The molecule has 7 N–H and O–H groups in total. The minimum absolute atomic E-state index is 0.550. The predicted molar refractivity (Wildman–Crippen MR) is 77.7 cm³/mol. The van der Waals surface area contributed by atoms with Crippen molar-refractivity contribution in [1.29, 1.82) is 5.41 Å². The highest BCUT2D eigenvalue weighted by Gasteiger charge is 2.05. The van der Waals surface area contributed by atoms with Crippen molar-refractivity contribution in [2.24, 2.45) is 11.5 Å². The van der Waals surface area contributed by atoms with Crippen LogP contribution in [0.5, 0.6) is 0 Å². The fraction of sp³-hybridized carbons (Fsp3) is 0.154. The van der Waals surface area contributed by atoms with Gasteiger partial charge in [0.2, 0.25) is 0 Å². The first-order valence-electron chi connectivity index (χ1n) is 5.49. The monoisotopic (exact) mass is 264 g/mol. The lowest BCUT2D eigenvalue weighted by atomic mass is 10.0. The predicted octanol–water partition coefficient (Wildman–Crippen LogP) is 2.17. The molecule has 0 heterocycles. The lowest BCUT2D eigenvalue weighted by Crippen LogP contribution is -2.01. The fourth-order valence-electron chi connectivity index (χ4n) is 1.51. The van der Waals surface area contributed by atoms with Crippen LogP contribution in [0.3, 0.4) is 0 Å². The van der Waals surface area contributed by atoms with Gasteiger partial charge in [-0.2, -0.15) is 0 Å². The SMILES string of the molecule is N=Cc1cc(Cl)c(CC/C(N)=C/C=C\N)cc1N. The normalized spacial score (nSPS) is 11.9. The smallest absolute Gasteiger partial charge is 0.0446 e. The van der Waals surface area contributed by atoms with Crippen molar-refractivity contribution in [1.82, 2.24) is 0 Å². The van der Waals surface area contributed by atoms with Gasteiger partial charge in [-0.05, 0) is 48.9 Å². The van der Waals surface area contributed by atoms with Crippen molar-refractivity contribution >= 4 is 23.5 Å². The second-order valence-electron chi connectivity index (χ2n) is 3.84. The first-order chi connectivity index (χ1) is 8.58. The largest absolute Gasteiger partial charge is 0.405 e. The first-order valence-corrected chi connectivity index (χ1v) is 5.87. The molecule has 0 fully saturated rings. The highest BCUT2D eigenvalue weighted by molar-refractivity contribution is 6.31. The second kappa shape index (κ2) is 6.71. The minimum Gasteiger partial charge on any atom is -0.405 e. The summed E-state index contributed by atoms with van der Waals surface area (Å²) in [6.07, 6.45) is 7.42. The molecule has 0 spiro atoms. The van der Waals surface area contributed by atoms with E-state index in [1.807, 2.05) is 0 Å². The Bertz CT molecular complexity index is 492. The Kier molecular flexibility index (Phi) is 5.27. The maximum Gasteiger partial charge on any atom is 0.0446 e. The third-order valence-electron chi connectivity index (χ3n) is 2.51. The topological polar surface area (TPSA) is 102 Å². The van der Waals surface area contributed by atoms with E-state index in [9.17, 15) is 0 Å². The van der Waals surface area contributed by atoms with Crippen LogP contribution in [0.4, 0.5) is 5.69 Å². The third-order valence-corrected chi connectivity index (χ3v) is 2.86. The van der Waals surface area contributed by atoms with E-state index in [4.69, 9.17) is 34.2 Å². The van der Waals surface area contributed by atoms with Crippen molar-refractivity contribution in [2.45, 2.75) is 12.8 Å². The van der Waals surface area contributed by atoms with Crippen molar-refractivity contribution in [2.75, 3.05) is 5.73 Å². The molecule has 0 aliphatic heterocycles. The molecule has 1 rings (SSSR count). The molecular weight excluding hydrogens is 248 g/mol. The molecule has 0 radical (unpaired) electrons. The highest BCUT2D eigenvalue weighted by Crippen LogP contribution is 2.24. The molecule has 0 amide bonds. The van der Waals surface area contributed by atoms with Crippen molar-refractivity contribution in [3.63, 3.8) is 0 Å². The number of halogens is 1. The number of anilines is 1. The number of nitrogens with one attached hydrogen (secondary N) is 1. The Hall–Kier alpha value is -1.94. The number of aryl methyl sites for hydroxylation is 1. The number of nitrogens with two attached hydrogens (primary N) is 3. The zero-order valence-corrected chi connectivity index (χ0v) is 10.7. The van der Waals surface area contributed by atoms with E-state index < -0.39 is 0 Å². The highest BCUT2D eigenvalue weighted by atomic mass is 35.5. The van der Waals surface area contributed by atoms with Gasteiger partial charge in [-0.15, -0.1) is 0 Å². The molecule has 4 nitrogen and oxygen atoms in total. The summed E-state index contributed by atoms with van der Waals surface area (Å²) in [5.41, 5.74) is 19.6. The van der Waals surface area contributed by atoms with Gasteiger partial charge in [0.15, 0.2) is 0 Å². The molecule has 0 bridgehead atoms. The summed E-state index contributed by atoms with van der Waals surface area (Å²) in [7, 11) is 0. The average molecular weight is 265 g/mol. The van der Waals surface area contributed by atoms with E-state index in [-0.39, 0.29) is 0 Å². The zero-order valence-electron chi connectivity index (χ0n) is 9.99. The maximum atomic E-state index is 7.19. The van der Waals surface area contributed by atoms with Crippen LogP contribution in [-0.2, 0) is 6.42 Å². The Morgan fingerprint density at radius 1 is 1.39 bits per heavy atom. The molecule has 18 heavy (non-hydrogen) atoms. The first kappa shape index (κ1) is 14.1. The van der Waals surface area contributed by atoms with Crippen molar-refractivity contribution in [3.8, 4) is 0 Å². The molecule has 0 aliphatic carbocycles. The Balaban J connectivity index is 2.80. The van der Waals surface area contributed by atoms with E-state index >= 15 is 0 Å². The van der Waals surface area contributed by atoms with Crippen LogP contribution in [0.1, 0.15) is 17.5 Å². The average Bonchev–Trinajstić information content (AvgIpc) is 2.36. The van der Waals surface area contributed by atoms with E-state index in [2.05, 4.69) is 0 Å². The Morgan fingerprint density at radius 3 is 2.72 bits per heavy atom. The van der Waals surface area contributed by atoms with Crippen LogP contribution in [0, 0.1) is 5.41 Å². The molecule has 0 saturated carbocycles. The van der Waals surface area contributed by atoms with E-state index in [0.717, 1.165) is 11.3 Å². The van der Waals surface area contributed by atoms with Gasteiger partial charge in [0.25, 0.3) is 0 Å². The van der Waals surface area contributed by atoms with Crippen LogP contribution in [0.2, 0.25) is 5.02 Å². The molecule has 0 aromatic heterocycles. The summed E-state index contributed by atoms with van der Waals surface area (Å²) < 4.78 is 0. The Morgan fingerprint density at radius 2 is 2.11 bits per heavy atom. The number of allylic oxidation sites excluding steroid dienone is 3. The number of nitrogen functional groups attached to an aromatic ring is 1. The van der Waals surface area contributed by atoms with Crippen LogP contribution in [0.25, 0.3) is 0 Å². The van der Waals surface area contributed by atoms with Gasteiger partial charge in [-0.1, -0.05) is 11.6 Å². The van der Waals surface area contributed by atoms with Crippen LogP contribution >= 0.6 is 11.6 Å². The number of hydrogen-bond donors (Lipinski definition) is 4. The second-order valence-corrected chi connectivity index (χ2v) is 4.25. The third kappa shape index (κ3) is 3.82. The standard InChI is InChI=1S/C13H17ClN4/c14-12-6-10(8-16)13(18)7-9(12)3-4-11(17)2-1-5-15/h1-2,5-8,16H,3-4,15,17-18H2/b5-1-,11-2-,16-8?. The molecule has 5 heteroatoms.